The highest BCUT2D eigenvalue weighted by molar-refractivity contribution is 5.94. The highest BCUT2D eigenvalue weighted by atomic mass is 19.1. The monoisotopic (exact) mass is 370 g/mol. The quantitative estimate of drug-likeness (QED) is 0.734. The van der Waals surface area contributed by atoms with E-state index < -0.39 is 0 Å². The molecule has 2 fully saturated rings. The molecule has 0 unspecified atom stereocenters. The van der Waals surface area contributed by atoms with Crippen molar-refractivity contribution in [1.82, 2.24) is 9.88 Å². The maximum atomic E-state index is 13.1. The van der Waals surface area contributed by atoms with Crippen molar-refractivity contribution in [2.24, 2.45) is 11.8 Å². The average molecular weight is 370 g/mol. The van der Waals surface area contributed by atoms with Gasteiger partial charge in [-0.2, -0.15) is 0 Å². The van der Waals surface area contributed by atoms with Gasteiger partial charge in [0.25, 0.3) is 5.91 Å². The first-order valence-electron chi connectivity index (χ1n) is 9.34. The van der Waals surface area contributed by atoms with Crippen LogP contribution in [-0.4, -0.2) is 48.2 Å². The van der Waals surface area contributed by atoms with E-state index in [1.807, 2.05) is 17.0 Å². The zero-order valence-electron chi connectivity index (χ0n) is 15.1. The summed E-state index contributed by atoms with van der Waals surface area (Å²) in [6, 6.07) is 9.62. The van der Waals surface area contributed by atoms with E-state index in [1.165, 1.54) is 24.3 Å². The molecule has 0 N–H and O–H groups in total. The number of ether oxygens (including phenoxy) is 2. The van der Waals surface area contributed by atoms with Gasteiger partial charge < -0.3 is 14.4 Å². The Kier molecular flexibility index (Phi) is 5.45. The molecule has 4 rings (SSSR count). The number of hydrogen-bond acceptors (Lipinski definition) is 4. The molecular weight excluding hydrogens is 347 g/mol. The van der Waals surface area contributed by atoms with Gasteiger partial charge in [-0.3, -0.25) is 9.78 Å². The maximum Gasteiger partial charge on any atom is 0.253 e. The number of halogens is 1. The number of pyridine rings is 1. The summed E-state index contributed by atoms with van der Waals surface area (Å²) in [6.45, 7) is 3.28. The fraction of sp³-hybridized carbons (Fsp3) is 0.429. The highest BCUT2D eigenvalue weighted by Gasteiger charge is 2.44. The van der Waals surface area contributed by atoms with E-state index in [0.29, 0.717) is 43.7 Å². The minimum atomic E-state index is -0.333. The van der Waals surface area contributed by atoms with Gasteiger partial charge in [0.15, 0.2) is 0 Å². The molecule has 2 aliphatic rings. The van der Waals surface area contributed by atoms with Crippen molar-refractivity contribution >= 4 is 5.91 Å². The molecule has 1 aromatic heterocycles. The number of nitrogens with zero attached hydrogens (tertiary/aromatic N) is 2. The molecular formula is C21H23FN2O3. The number of hydrogen-bond donors (Lipinski definition) is 0. The van der Waals surface area contributed by atoms with Crippen molar-refractivity contribution in [3.05, 3.63) is 65.7 Å². The molecule has 0 saturated carbocycles. The van der Waals surface area contributed by atoms with Crippen LogP contribution in [0.5, 0.6) is 0 Å². The minimum Gasteiger partial charge on any atom is -0.377 e. The summed E-state index contributed by atoms with van der Waals surface area (Å²) in [6.07, 6.45) is 4.54. The molecule has 0 spiro atoms. The predicted octanol–water partition coefficient (Wildman–Crippen LogP) is 2.91. The van der Waals surface area contributed by atoms with Gasteiger partial charge in [0.05, 0.1) is 19.3 Å². The minimum absolute atomic E-state index is 0.0549. The third-order valence-electron chi connectivity index (χ3n) is 5.47. The summed E-state index contributed by atoms with van der Waals surface area (Å²) in [7, 11) is 0. The Balaban J connectivity index is 1.27. The topological polar surface area (TPSA) is 51.7 Å². The number of rotatable bonds is 6. The molecule has 0 radical (unpaired) electrons. The van der Waals surface area contributed by atoms with Crippen molar-refractivity contribution in [2.45, 2.75) is 19.1 Å². The molecule has 1 amide bonds. The maximum absolute atomic E-state index is 13.1. The average Bonchev–Trinajstić information content (AvgIpc) is 3.27. The van der Waals surface area contributed by atoms with E-state index in [1.54, 1.807) is 12.4 Å². The SMILES string of the molecule is O=C(c1ccc(F)cc1)N1C[C@H]2[C@@H](CCOCc3ccncc3)CO[C@H]2C1. The number of fused-ring (bicyclic) bond motifs is 1. The van der Waals surface area contributed by atoms with Gasteiger partial charge in [0.2, 0.25) is 0 Å². The summed E-state index contributed by atoms with van der Waals surface area (Å²) in [4.78, 5) is 18.5. The molecule has 2 saturated heterocycles. The first-order valence-corrected chi connectivity index (χ1v) is 9.34. The lowest BCUT2D eigenvalue weighted by Gasteiger charge is -2.20. The Bertz CT molecular complexity index is 769. The highest BCUT2D eigenvalue weighted by Crippen LogP contribution is 2.36. The van der Waals surface area contributed by atoms with E-state index in [0.717, 1.165) is 18.6 Å². The van der Waals surface area contributed by atoms with E-state index in [4.69, 9.17) is 9.47 Å². The fourth-order valence-electron chi connectivity index (χ4n) is 3.94. The molecule has 0 bridgehead atoms. The summed E-state index contributed by atoms with van der Waals surface area (Å²) in [5.74, 6) is 0.359. The second kappa shape index (κ2) is 8.15. The number of amides is 1. The van der Waals surface area contributed by atoms with Gasteiger partial charge in [-0.05, 0) is 54.3 Å². The van der Waals surface area contributed by atoms with E-state index >= 15 is 0 Å². The third kappa shape index (κ3) is 4.17. The second-order valence-electron chi connectivity index (χ2n) is 7.21. The van der Waals surface area contributed by atoms with Gasteiger partial charge in [-0.25, -0.2) is 4.39 Å². The van der Waals surface area contributed by atoms with Crippen molar-refractivity contribution in [1.29, 1.82) is 0 Å². The van der Waals surface area contributed by atoms with Crippen LogP contribution >= 0.6 is 0 Å². The van der Waals surface area contributed by atoms with Crippen LogP contribution in [0.15, 0.2) is 48.8 Å². The van der Waals surface area contributed by atoms with E-state index in [9.17, 15) is 9.18 Å². The second-order valence-corrected chi connectivity index (χ2v) is 7.21. The Morgan fingerprint density at radius 1 is 1.19 bits per heavy atom. The zero-order chi connectivity index (χ0) is 18.6. The molecule has 6 heteroatoms. The molecule has 3 atom stereocenters. The molecule has 3 heterocycles. The zero-order valence-corrected chi connectivity index (χ0v) is 15.1. The number of benzene rings is 1. The van der Waals surface area contributed by atoms with Crippen LogP contribution in [0.1, 0.15) is 22.3 Å². The first-order chi connectivity index (χ1) is 13.2. The Morgan fingerprint density at radius 3 is 2.74 bits per heavy atom. The molecule has 0 aliphatic carbocycles. The predicted molar refractivity (Wildman–Crippen MR) is 97.5 cm³/mol. The molecule has 2 aliphatic heterocycles. The molecule has 27 heavy (non-hydrogen) atoms. The Hall–Kier alpha value is -2.31. The molecule has 1 aromatic carbocycles. The Labute approximate surface area is 158 Å². The van der Waals surface area contributed by atoms with Crippen LogP contribution in [0, 0.1) is 17.7 Å². The summed E-state index contributed by atoms with van der Waals surface area (Å²) < 4.78 is 24.8. The summed E-state index contributed by atoms with van der Waals surface area (Å²) in [5, 5.41) is 0. The lowest BCUT2D eigenvalue weighted by molar-refractivity contribution is 0.0648. The van der Waals surface area contributed by atoms with Gasteiger partial charge >= 0.3 is 0 Å². The van der Waals surface area contributed by atoms with Crippen molar-refractivity contribution in [3.63, 3.8) is 0 Å². The van der Waals surface area contributed by atoms with Gasteiger partial charge in [-0.1, -0.05) is 0 Å². The first kappa shape index (κ1) is 18.1. The number of carbonyl (C=O) groups is 1. The smallest absolute Gasteiger partial charge is 0.253 e. The molecule has 5 nitrogen and oxygen atoms in total. The Morgan fingerprint density at radius 2 is 1.96 bits per heavy atom. The van der Waals surface area contributed by atoms with Crippen LogP contribution in [0.4, 0.5) is 4.39 Å². The molecule has 2 aromatic rings. The van der Waals surface area contributed by atoms with E-state index in [-0.39, 0.29) is 17.8 Å². The fourth-order valence-corrected chi connectivity index (χ4v) is 3.94. The van der Waals surface area contributed by atoms with Crippen molar-refractivity contribution in [2.75, 3.05) is 26.3 Å². The number of carbonyl (C=O) groups excluding carboxylic acids is 1. The standard InChI is InChI=1S/C21H23FN2O3/c22-18-3-1-16(2-4-18)21(25)24-11-19-17(14-27-20(19)12-24)7-10-26-13-15-5-8-23-9-6-15/h1-6,8-9,17,19-20H,7,10-14H2/t17-,19-,20-/m0/s1. The van der Waals surface area contributed by atoms with Crippen LogP contribution in [0.3, 0.4) is 0 Å². The van der Waals surface area contributed by atoms with E-state index in [2.05, 4.69) is 4.98 Å². The summed E-state index contributed by atoms with van der Waals surface area (Å²) in [5.41, 5.74) is 1.64. The normalized spacial score (nSPS) is 24.2. The van der Waals surface area contributed by atoms with Gasteiger partial charge in [0, 0.05) is 43.6 Å². The lowest BCUT2D eigenvalue weighted by Crippen LogP contribution is -2.31. The van der Waals surface area contributed by atoms with Crippen LogP contribution in [0.25, 0.3) is 0 Å². The summed E-state index contributed by atoms with van der Waals surface area (Å²) >= 11 is 0. The van der Waals surface area contributed by atoms with Crippen molar-refractivity contribution in [3.8, 4) is 0 Å². The molecule has 142 valence electrons. The van der Waals surface area contributed by atoms with Crippen LogP contribution < -0.4 is 0 Å². The number of likely N-dealkylation sites (tertiary alicyclic amines) is 1. The van der Waals surface area contributed by atoms with Crippen LogP contribution in [-0.2, 0) is 16.1 Å². The van der Waals surface area contributed by atoms with Crippen molar-refractivity contribution < 1.29 is 18.7 Å². The third-order valence-corrected chi connectivity index (χ3v) is 5.47. The largest absolute Gasteiger partial charge is 0.377 e. The van der Waals surface area contributed by atoms with Gasteiger partial charge in [-0.15, -0.1) is 0 Å². The van der Waals surface area contributed by atoms with Crippen LogP contribution in [0.2, 0.25) is 0 Å². The number of aromatic nitrogens is 1. The lowest BCUT2D eigenvalue weighted by atomic mass is 9.91. The van der Waals surface area contributed by atoms with Gasteiger partial charge in [0.1, 0.15) is 5.82 Å².